The number of hydrogen-bond donors (Lipinski definition) is 2. The number of amides is 1. The molecule has 0 spiro atoms. The molecule has 0 aliphatic carbocycles. The summed E-state index contributed by atoms with van der Waals surface area (Å²) in [5.41, 5.74) is 7.55. The van der Waals surface area contributed by atoms with E-state index in [0.717, 1.165) is 5.56 Å². The summed E-state index contributed by atoms with van der Waals surface area (Å²) in [6, 6.07) is 0. The Bertz CT molecular complexity index is 530. The van der Waals surface area contributed by atoms with Crippen molar-refractivity contribution in [2.45, 2.75) is 20.0 Å². The number of aromatic amines is 1. The Morgan fingerprint density at radius 2 is 2.33 bits per heavy atom. The highest BCUT2D eigenvalue weighted by Gasteiger charge is 2.20. The number of nitrogens with zero attached hydrogens (tertiary/aromatic N) is 4. The van der Waals surface area contributed by atoms with Gasteiger partial charge in [0.1, 0.15) is 5.69 Å². The smallest absolute Gasteiger partial charge is 0.274 e. The zero-order valence-corrected chi connectivity index (χ0v) is 10.4. The second kappa shape index (κ2) is 4.91. The highest BCUT2D eigenvalue weighted by atomic mass is 16.2. The summed E-state index contributed by atoms with van der Waals surface area (Å²) in [5, 5.41) is 10.6. The van der Waals surface area contributed by atoms with Crippen LogP contribution in [0.25, 0.3) is 0 Å². The van der Waals surface area contributed by atoms with Crippen molar-refractivity contribution in [3.05, 3.63) is 29.8 Å². The van der Waals surface area contributed by atoms with Crippen molar-refractivity contribution in [2.75, 3.05) is 12.8 Å². The van der Waals surface area contributed by atoms with Crippen molar-refractivity contribution >= 4 is 11.6 Å². The Morgan fingerprint density at radius 3 is 2.94 bits per heavy atom. The third kappa shape index (κ3) is 2.20. The van der Waals surface area contributed by atoms with Gasteiger partial charge < -0.3 is 10.6 Å². The van der Waals surface area contributed by atoms with Crippen LogP contribution in [0.2, 0.25) is 0 Å². The first-order valence-electron chi connectivity index (χ1n) is 5.68. The van der Waals surface area contributed by atoms with Gasteiger partial charge in [-0.05, 0) is 6.92 Å². The fourth-order valence-electron chi connectivity index (χ4n) is 1.76. The number of H-pyrrole nitrogens is 1. The van der Waals surface area contributed by atoms with Gasteiger partial charge in [-0.1, -0.05) is 0 Å². The second-order valence-corrected chi connectivity index (χ2v) is 4.03. The number of rotatable bonds is 4. The van der Waals surface area contributed by atoms with E-state index in [1.807, 2.05) is 6.92 Å². The van der Waals surface area contributed by atoms with Crippen LogP contribution in [-0.2, 0) is 13.1 Å². The molecule has 0 atom stereocenters. The fourth-order valence-corrected chi connectivity index (χ4v) is 1.76. The summed E-state index contributed by atoms with van der Waals surface area (Å²) >= 11 is 0. The number of nitrogens with one attached hydrogen (secondary N) is 1. The molecule has 7 heteroatoms. The van der Waals surface area contributed by atoms with Crippen LogP contribution in [-0.4, -0.2) is 37.8 Å². The van der Waals surface area contributed by atoms with E-state index in [1.165, 1.54) is 6.20 Å². The van der Waals surface area contributed by atoms with Crippen molar-refractivity contribution in [3.63, 3.8) is 0 Å². The Morgan fingerprint density at radius 1 is 1.56 bits per heavy atom. The number of hydrogen-bond acceptors (Lipinski definition) is 4. The van der Waals surface area contributed by atoms with Gasteiger partial charge in [-0.25, -0.2) is 0 Å². The molecule has 0 bridgehead atoms. The SMILES string of the molecule is CCn1ncc(N)c1C(=O)N(C)Cc1cn[nH]c1. The summed E-state index contributed by atoms with van der Waals surface area (Å²) in [4.78, 5) is 13.9. The van der Waals surface area contributed by atoms with E-state index in [4.69, 9.17) is 5.73 Å². The van der Waals surface area contributed by atoms with E-state index in [9.17, 15) is 4.79 Å². The van der Waals surface area contributed by atoms with Crippen LogP contribution in [0.1, 0.15) is 23.0 Å². The van der Waals surface area contributed by atoms with Crippen molar-refractivity contribution in [3.8, 4) is 0 Å². The van der Waals surface area contributed by atoms with Crippen LogP contribution in [0, 0.1) is 0 Å². The lowest BCUT2D eigenvalue weighted by molar-refractivity contribution is 0.0774. The van der Waals surface area contributed by atoms with Crippen LogP contribution >= 0.6 is 0 Å². The number of carbonyl (C=O) groups excluding carboxylic acids is 1. The van der Waals surface area contributed by atoms with Gasteiger partial charge in [0, 0.05) is 31.9 Å². The summed E-state index contributed by atoms with van der Waals surface area (Å²) in [6.45, 7) is 3.00. The van der Waals surface area contributed by atoms with Gasteiger partial charge in [-0.2, -0.15) is 10.2 Å². The molecule has 2 aromatic heterocycles. The molecule has 18 heavy (non-hydrogen) atoms. The maximum absolute atomic E-state index is 12.3. The maximum Gasteiger partial charge on any atom is 0.274 e. The molecule has 0 aliphatic rings. The highest BCUT2D eigenvalue weighted by molar-refractivity contribution is 5.97. The molecule has 2 rings (SSSR count). The summed E-state index contributed by atoms with van der Waals surface area (Å²) in [5.74, 6) is -0.145. The Kier molecular flexibility index (Phi) is 3.31. The van der Waals surface area contributed by atoms with Gasteiger partial charge in [-0.3, -0.25) is 14.6 Å². The van der Waals surface area contributed by atoms with Crippen molar-refractivity contribution < 1.29 is 4.79 Å². The van der Waals surface area contributed by atoms with Crippen molar-refractivity contribution in [1.29, 1.82) is 0 Å². The van der Waals surface area contributed by atoms with E-state index >= 15 is 0 Å². The molecule has 7 nitrogen and oxygen atoms in total. The van der Waals surface area contributed by atoms with Crippen LogP contribution in [0.3, 0.4) is 0 Å². The number of nitrogen functional groups attached to an aromatic ring is 1. The van der Waals surface area contributed by atoms with Crippen LogP contribution < -0.4 is 5.73 Å². The minimum atomic E-state index is -0.145. The number of carbonyl (C=O) groups is 1. The molecule has 0 saturated carbocycles. The first-order valence-corrected chi connectivity index (χ1v) is 5.68. The summed E-state index contributed by atoms with van der Waals surface area (Å²) in [7, 11) is 1.72. The zero-order chi connectivity index (χ0) is 13.1. The summed E-state index contributed by atoms with van der Waals surface area (Å²) in [6.07, 6.45) is 4.94. The first-order chi connectivity index (χ1) is 8.63. The molecule has 0 saturated heterocycles. The van der Waals surface area contributed by atoms with Crippen LogP contribution in [0.4, 0.5) is 5.69 Å². The first kappa shape index (κ1) is 12.2. The van der Waals surface area contributed by atoms with Gasteiger partial charge in [0.25, 0.3) is 5.91 Å². The van der Waals surface area contributed by atoms with Crippen LogP contribution in [0.5, 0.6) is 0 Å². The molecule has 0 unspecified atom stereocenters. The average molecular weight is 248 g/mol. The van der Waals surface area contributed by atoms with E-state index in [-0.39, 0.29) is 5.91 Å². The van der Waals surface area contributed by atoms with Gasteiger partial charge in [0.2, 0.25) is 0 Å². The molecule has 2 heterocycles. The van der Waals surface area contributed by atoms with Gasteiger partial charge in [0.05, 0.1) is 18.1 Å². The van der Waals surface area contributed by atoms with Crippen LogP contribution in [0.15, 0.2) is 18.6 Å². The molecule has 3 N–H and O–H groups in total. The Hall–Kier alpha value is -2.31. The fraction of sp³-hybridized carbons (Fsp3) is 0.364. The molecule has 0 aliphatic heterocycles. The lowest BCUT2D eigenvalue weighted by Gasteiger charge is -2.17. The van der Waals surface area contributed by atoms with E-state index in [0.29, 0.717) is 24.5 Å². The minimum absolute atomic E-state index is 0.145. The predicted molar refractivity (Wildman–Crippen MR) is 66.7 cm³/mol. The predicted octanol–water partition coefficient (Wildman–Crippen LogP) is 0.480. The van der Waals surface area contributed by atoms with Gasteiger partial charge in [0.15, 0.2) is 0 Å². The highest BCUT2D eigenvalue weighted by Crippen LogP contribution is 2.14. The molecule has 0 fully saturated rings. The zero-order valence-electron chi connectivity index (χ0n) is 10.4. The van der Waals surface area contributed by atoms with Crippen molar-refractivity contribution in [1.82, 2.24) is 24.9 Å². The monoisotopic (exact) mass is 248 g/mol. The third-order valence-electron chi connectivity index (χ3n) is 2.69. The average Bonchev–Trinajstić information content (AvgIpc) is 2.97. The number of aryl methyl sites for hydroxylation is 1. The quantitative estimate of drug-likeness (QED) is 0.823. The van der Waals surface area contributed by atoms with Gasteiger partial charge in [-0.15, -0.1) is 0 Å². The standard InChI is InChI=1S/C11H16N6O/c1-3-17-10(9(12)6-15-17)11(18)16(2)7-8-4-13-14-5-8/h4-6H,3,7,12H2,1-2H3,(H,13,14). The molecule has 0 aromatic carbocycles. The number of nitrogens with two attached hydrogens (primary N) is 1. The normalized spacial score (nSPS) is 10.6. The number of anilines is 1. The maximum atomic E-state index is 12.3. The van der Waals surface area contributed by atoms with E-state index in [2.05, 4.69) is 15.3 Å². The molecule has 2 aromatic rings. The van der Waals surface area contributed by atoms with E-state index < -0.39 is 0 Å². The lowest BCUT2D eigenvalue weighted by Crippen LogP contribution is -2.29. The minimum Gasteiger partial charge on any atom is -0.396 e. The molecular formula is C11H16N6O. The largest absolute Gasteiger partial charge is 0.396 e. The number of aromatic nitrogens is 4. The lowest BCUT2D eigenvalue weighted by atomic mass is 10.3. The van der Waals surface area contributed by atoms with E-state index in [1.54, 1.807) is 29.0 Å². The van der Waals surface area contributed by atoms with Gasteiger partial charge >= 0.3 is 0 Å². The molecule has 96 valence electrons. The Labute approximate surface area is 105 Å². The van der Waals surface area contributed by atoms with Crippen molar-refractivity contribution in [2.24, 2.45) is 0 Å². The Balaban J connectivity index is 2.17. The topological polar surface area (TPSA) is 92.8 Å². The molecule has 0 radical (unpaired) electrons. The summed E-state index contributed by atoms with van der Waals surface area (Å²) < 4.78 is 1.60. The second-order valence-electron chi connectivity index (χ2n) is 4.03. The molecule has 1 amide bonds. The molecular weight excluding hydrogens is 232 g/mol. The third-order valence-corrected chi connectivity index (χ3v) is 2.69.